The van der Waals surface area contributed by atoms with Gasteiger partial charge in [0, 0.05) is 17.5 Å². The maximum atomic E-state index is 12.4. The summed E-state index contributed by atoms with van der Waals surface area (Å²) < 4.78 is 0. The molecule has 3 rings (SSSR count). The first-order valence-electron chi connectivity index (χ1n) is 7.62. The van der Waals surface area contributed by atoms with E-state index in [9.17, 15) is 4.79 Å². The quantitative estimate of drug-likeness (QED) is 0.910. The highest BCUT2D eigenvalue weighted by Gasteiger charge is 2.25. The number of anilines is 1. The molecule has 1 fully saturated rings. The summed E-state index contributed by atoms with van der Waals surface area (Å²) in [6.45, 7) is 0.739. The number of pyridine rings is 1. The lowest BCUT2D eigenvalue weighted by atomic mass is 9.81. The molecule has 1 saturated carbocycles. The number of rotatable bonds is 3. The number of amides is 1. The second kappa shape index (κ2) is 6.22. The van der Waals surface area contributed by atoms with Crippen molar-refractivity contribution in [3.63, 3.8) is 0 Å². The van der Waals surface area contributed by atoms with E-state index in [1.165, 1.54) is 0 Å². The zero-order valence-corrected chi connectivity index (χ0v) is 12.1. The summed E-state index contributed by atoms with van der Waals surface area (Å²) in [5.74, 6) is 0.831. The number of fused-ring (bicyclic) bond motifs is 1. The minimum Gasteiger partial charge on any atom is -0.330 e. The largest absolute Gasteiger partial charge is 0.330 e. The van der Waals surface area contributed by atoms with Gasteiger partial charge in [0.15, 0.2) is 0 Å². The molecule has 1 aliphatic carbocycles. The van der Waals surface area contributed by atoms with Gasteiger partial charge in [-0.1, -0.05) is 6.07 Å². The second-order valence-electron chi connectivity index (χ2n) is 5.82. The fourth-order valence-electron chi connectivity index (χ4n) is 3.11. The molecule has 1 amide bonds. The number of hydrogen-bond donors (Lipinski definition) is 2. The second-order valence-corrected chi connectivity index (χ2v) is 5.82. The number of nitrogens with one attached hydrogen (secondary N) is 1. The van der Waals surface area contributed by atoms with Crippen LogP contribution in [0, 0.1) is 11.8 Å². The molecule has 1 heterocycles. The van der Waals surface area contributed by atoms with Crippen LogP contribution in [-0.4, -0.2) is 17.4 Å². The third kappa shape index (κ3) is 3.05. The smallest absolute Gasteiger partial charge is 0.227 e. The van der Waals surface area contributed by atoms with Crippen molar-refractivity contribution < 1.29 is 4.79 Å². The molecule has 0 spiro atoms. The predicted molar refractivity (Wildman–Crippen MR) is 84.9 cm³/mol. The van der Waals surface area contributed by atoms with E-state index < -0.39 is 0 Å². The van der Waals surface area contributed by atoms with Gasteiger partial charge in [-0.25, -0.2) is 0 Å². The van der Waals surface area contributed by atoms with Crippen LogP contribution in [0.3, 0.4) is 0 Å². The average Bonchev–Trinajstić information content (AvgIpc) is 2.55. The van der Waals surface area contributed by atoms with Crippen LogP contribution >= 0.6 is 0 Å². The van der Waals surface area contributed by atoms with Crippen molar-refractivity contribution in [1.82, 2.24) is 4.98 Å². The molecule has 4 heteroatoms. The van der Waals surface area contributed by atoms with Gasteiger partial charge in [-0.3, -0.25) is 9.78 Å². The standard InChI is InChI=1S/C17H21N3O/c18-11-12-6-8-13(9-7-12)17(21)20-16-5-1-4-15-14(16)3-2-10-19-15/h1-5,10,12-13H,6-9,11,18H2,(H,20,21). The Labute approximate surface area is 124 Å². The topological polar surface area (TPSA) is 68.0 Å². The molecule has 0 atom stereocenters. The van der Waals surface area contributed by atoms with Crippen molar-refractivity contribution in [2.45, 2.75) is 25.7 Å². The molecule has 110 valence electrons. The van der Waals surface area contributed by atoms with Gasteiger partial charge in [0.05, 0.1) is 11.2 Å². The van der Waals surface area contributed by atoms with Gasteiger partial charge in [-0.05, 0) is 62.4 Å². The molecule has 21 heavy (non-hydrogen) atoms. The zero-order valence-electron chi connectivity index (χ0n) is 12.1. The predicted octanol–water partition coefficient (Wildman–Crippen LogP) is 2.94. The van der Waals surface area contributed by atoms with E-state index in [2.05, 4.69) is 10.3 Å². The van der Waals surface area contributed by atoms with Crippen LogP contribution < -0.4 is 11.1 Å². The molecule has 3 N–H and O–H groups in total. The third-order valence-electron chi connectivity index (χ3n) is 4.45. The minimum atomic E-state index is 0.111. The summed E-state index contributed by atoms with van der Waals surface area (Å²) in [5, 5.41) is 4.07. The van der Waals surface area contributed by atoms with Crippen molar-refractivity contribution in [3.05, 3.63) is 36.5 Å². The monoisotopic (exact) mass is 283 g/mol. The van der Waals surface area contributed by atoms with Gasteiger partial charge < -0.3 is 11.1 Å². The molecule has 0 saturated heterocycles. The van der Waals surface area contributed by atoms with Gasteiger partial charge in [0.2, 0.25) is 5.91 Å². The van der Waals surface area contributed by atoms with Crippen molar-refractivity contribution >= 4 is 22.5 Å². The summed E-state index contributed by atoms with van der Waals surface area (Å²) in [6, 6.07) is 9.70. The van der Waals surface area contributed by atoms with Crippen molar-refractivity contribution in [2.24, 2.45) is 17.6 Å². The number of carbonyl (C=O) groups excluding carboxylic acids is 1. The molecular formula is C17H21N3O. The molecule has 2 aromatic rings. The summed E-state index contributed by atoms with van der Waals surface area (Å²) in [5.41, 5.74) is 7.46. The van der Waals surface area contributed by atoms with Crippen LogP contribution in [-0.2, 0) is 4.79 Å². The molecule has 1 aromatic carbocycles. The summed E-state index contributed by atoms with van der Waals surface area (Å²) in [4.78, 5) is 16.8. The van der Waals surface area contributed by atoms with E-state index >= 15 is 0 Å². The lowest BCUT2D eigenvalue weighted by Gasteiger charge is -2.26. The van der Waals surface area contributed by atoms with Crippen LogP contribution in [0.25, 0.3) is 10.9 Å². The minimum absolute atomic E-state index is 0.111. The van der Waals surface area contributed by atoms with E-state index in [4.69, 9.17) is 5.73 Å². The number of hydrogen-bond acceptors (Lipinski definition) is 3. The maximum absolute atomic E-state index is 12.4. The fourth-order valence-corrected chi connectivity index (χ4v) is 3.11. The van der Waals surface area contributed by atoms with Gasteiger partial charge in [-0.2, -0.15) is 0 Å². The van der Waals surface area contributed by atoms with Gasteiger partial charge >= 0.3 is 0 Å². The first kappa shape index (κ1) is 14.0. The Morgan fingerprint density at radius 2 is 2.00 bits per heavy atom. The average molecular weight is 283 g/mol. The van der Waals surface area contributed by atoms with E-state index in [-0.39, 0.29) is 11.8 Å². The normalized spacial score (nSPS) is 22.1. The maximum Gasteiger partial charge on any atom is 0.227 e. The lowest BCUT2D eigenvalue weighted by molar-refractivity contribution is -0.121. The summed E-state index contributed by atoms with van der Waals surface area (Å²) in [6.07, 6.45) is 5.77. The molecule has 4 nitrogen and oxygen atoms in total. The molecule has 0 unspecified atom stereocenters. The Morgan fingerprint density at radius 1 is 1.19 bits per heavy atom. The van der Waals surface area contributed by atoms with Crippen LogP contribution in [0.4, 0.5) is 5.69 Å². The highest BCUT2D eigenvalue weighted by Crippen LogP contribution is 2.30. The Hall–Kier alpha value is -1.94. The van der Waals surface area contributed by atoms with Crippen molar-refractivity contribution in [2.75, 3.05) is 11.9 Å². The number of benzene rings is 1. The van der Waals surface area contributed by atoms with Gasteiger partial charge in [0.1, 0.15) is 0 Å². The number of nitrogens with zero attached hydrogens (tertiary/aromatic N) is 1. The van der Waals surface area contributed by atoms with Crippen LogP contribution in [0.15, 0.2) is 36.5 Å². The fraction of sp³-hybridized carbons (Fsp3) is 0.412. The van der Waals surface area contributed by atoms with E-state index in [1.807, 2.05) is 30.3 Å². The number of nitrogens with two attached hydrogens (primary N) is 1. The van der Waals surface area contributed by atoms with E-state index in [1.54, 1.807) is 6.20 Å². The van der Waals surface area contributed by atoms with Gasteiger partial charge in [-0.15, -0.1) is 0 Å². The highest BCUT2D eigenvalue weighted by atomic mass is 16.1. The van der Waals surface area contributed by atoms with Crippen LogP contribution in [0.5, 0.6) is 0 Å². The molecule has 0 aliphatic heterocycles. The number of carbonyl (C=O) groups is 1. The zero-order chi connectivity index (χ0) is 14.7. The highest BCUT2D eigenvalue weighted by molar-refractivity contribution is 6.01. The Kier molecular flexibility index (Phi) is 4.15. The van der Waals surface area contributed by atoms with E-state index in [0.29, 0.717) is 5.92 Å². The number of aromatic nitrogens is 1. The van der Waals surface area contributed by atoms with Gasteiger partial charge in [0.25, 0.3) is 0 Å². The molecule has 0 bridgehead atoms. The Morgan fingerprint density at radius 3 is 2.76 bits per heavy atom. The van der Waals surface area contributed by atoms with Crippen molar-refractivity contribution in [3.8, 4) is 0 Å². The first-order chi connectivity index (χ1) is 10.3. The van der Waals surface area contributed by atoms with Crippen LogP contribution in [0.1, 0.15) is 25.7 Å². The Bertz CT molecular complexity index is 627. The molecule has 0 radical (unpaired) electrons. The summed E-state index contributed by atoms with van der Waals surface area (Å²) in [7, 11) is 0. The first-order valence-corrected chi connectivity index (χ1v) is 7.62. The summed E-state index contributed by atoms with van der Waals surface area (Å²) >= 11 is 0. The molecular weight excluding hydrogens is 262 g/mol. The SMILES string of the molecule is NCC1CCC(C(=O)Nc2cccc3ncccc23)CC1. The molecule has 1 aliphatic rings. The molecule has 1 aromatic heterocycles. The lowest BCUT2D eigenvalue weighted by Crippen LogP contribution is -2.29. The van der Waals surface area contributed by atoms with E-state index in [0.717, 1.165) is 48.8 Å². The Balaban J connectivity index is 1.72. The third-order valence-corrected chi connectivity index (χ3v) is 4.45. The van der Waals surface area contributed by atoms with Crippen molar-refractivity contribution in [1.29, 1.82) is 0 Å². The van der Waals surface area contributed by atoms with Crippen LogP contribution in [0.2, 0.25) is 0 Å².